The van der Waals surface area contributed by atoms with Crippen LogP contribution in [0, 0.1) is 0 Å². The molecule has 0 spiro atoms. The van der Waals surface area contributed by atoms with E-state index in [0.717, 1.165) is 56.4 Å². The van der Waals surface area contributed by atoms with Crippen molar-refractivity contribution in [3.8, 4) is 17.0 Å². The van der Waals surface area contributed by atoms with Crippen molar-refractivity contribution >= 4 is 17.0 Å². The summed E-state index contributed by atoms with van der Waals surface area (Å²) in [5, 5.41) is 12.5. The Hall–Kier alpha value is -3.08. The van der Waals surface area contributed by atoms with Crippen LogP contribution in [0.1, 0.15) is 32.6 Å². The zero-order valence-electron chi connectivity index (χ0n) is 21.2. The Bertz CT molecular complexity index is 1180. The number of anilines is 1. The second-order valence-corrected chi connectivity index (χ2v) is 9.02. The van der Waals surface area contributed by atoms with Crippen LogP contribution in [-0.2, 0) is 11.3 Å². The highest BCUT2D eigenvalue weighted by Crippen LogP contribution is 2.23. The van der Waals surface area contributed by atoms with E-state index in [0.29, 0.717) is 42.6 Å². The molecule has 2 N–H and O–H groups in total. The monoisotopic (exact) mass is 496 g/mol. The van der Waals surface area contributed by atoms with Crippen LogP contribution in [0.3, 0.4) is 0 Å². The van der Waals surface area contributed by atoms with Crippen molar-refractivity contribution in [3.05, 3.63) is 40.9 Å². The first-order valence-corrected chi connectivity index (χ1v) is 12.7. The first-order chi connectivity index (χ1) is 17.6. The van der Waals surface area contributed by atoms with Gasteiger partial charge in [-0.25, -0.2) is 15.0 Å². The van der Waals surface area contributed by atoms with Crippen molar-refractivity contribution < 1.29 is 14.6 Å². The third-order valence-corrected chi connectivity index (χ3v) is 6.45. The van der Waals surface area contributed by atoms with Crippen LogP contribution in [0.2, 0.25) is 0 Å². The van der Waals surface area contributed by atoms with Crippen LogP contribution >= 0.6 is 0 Å². The standard InChI is InChI=1S/C26H36N6O4/c1-3-14-36-15-12-32-22-16-20(19-5-6-23(35-2)27-17-19)18-28-24(22)30-25(26(32)34)29-21-7-10-31(11-8-21)9-4-13-33/h5-6,16-18,21,33H,3-4,7-15H2,1-2H3,(H,28,29,30). The number of fused-ring (bicyclic) bond motifs is 1. The second kappa shape index (κ2) is 12.8. The molecule has 10 heteroatoms. The molecule has 0 atom stereocenters. The van der Waals surface area contributed by atoms with Crippen molar-refractivity contribution in [1.29, 1.82) is 0 Å². The molecule has 36 heavy (non-hydrogen) atoms. The van der Waals surface area contributed by atoms with E-state index in [9.17, 15) is 4.79 Å². The number of nitrogens with zero attached hydrogens (tertiary/aromatic N) is 5. The number of hydrogen-bond donors (Lipinski definition) is 2. The number of piperidine rings is 1. The highest BCUT2D eigenvalue weighted by molar-refractivity contribution is 5.78. The number of pyridine rings is 2. The minimum atomic E-state index is -0.169. The molecule has 0 saturated carbocycles. The van der Waals surface area contributed by atoms with Gasteiger partial charge in [0.25, 0.3) is 5.56 Å². The second-order valence-electron chi connectivity index (χ2n) is 9.02. The molecule has 0 amide bonds. The number of hydrogen-bond acceptors (Lipinski definition) is 9. The summed E-state index contributed by atoms with van der Waals surface area (Å²) in [4.78, 5) is 29.4. The van der Waals surface area contributed by atoms with Gasteiger partial charge in [0.1, 0.15) is 0 Å². The first kappa shape index (κ1) is 26.0. The molecule has 10 nitrogen and oxygen atoms in total. The Morgan fingerprint density at radius 2 is 1.92 bits per heavy atom. The normalized spacial score (nSPS) is 14.9. The number of aromatic nitrogens is 4. The molecular weight excluding hydrogens is 460 g/mol. The fourth-order valence-corrected chi connectivity index (χ4v) is 4.46. The summed E-state index contributed by atoms with van der Waals surface area (Å²) in [6.07, 6.45) is 7.03. The zero-order valence-corrected chi connectivity index (χ0v) is 21.2. The summed E-state index contributed by atoms with van der Waals surface area (Å²) in [6, 6.07) is 5.81. The van der Waals surface area contributed by atoms with Gasteiger partial charge < -0.3 is 24.8 Å². The maximum Gasteiger partial charge on any atom is 0.293 e. The maximum atomic E-state index is 13.5. The molecule has 1 aliphatic rings. The van der Waals surface area contributed by atoms with Gasteiger partial charge in [0.15, 0.2) is 11.5 Å². The lowest BCUT2D eigenvalue weighted by molar-refractivity contribution is 0.127. The van der Waals surface area contributed by atoms with Gasteiger partial charge >= 0.3 is 0 Å². The van der Waals surface area contributed by atoms with Crippen LogP contribution in [0.5, 0.6) is 5.88 Å². The SMILES string of the molecule is CCCOCCn1c(=O)c(NC2CCN(CCCO)CC2)nc2ncc(-c3ccc(OC)nc3)cc21. The Morgan fingerprint density at radius 3 is 2.61 bits per heavy atom. The lowest BCUT2D eigenvalue weighted by Gasteiger charge is -2.32. The predicted molar refractivity (Wildman–Crippen MR) is 139 cm³/mol. The first-order valence-electron chi connectivity index (χ1n) is 12.7. The van der Waals surface area contributed by atoms with Gasteiger partial charge in [-0.05, 0) is 37.8 Å². The quantitative estimate of drug-likeness (QED) is 0.365. The molecule has 3 aromatic rings. The van der Waals surface area contributed by atoms with Crippen molar-refractivity contribution in [2.75, 3.05) is 51.9 Å². The topological polar surface area (TPSA) is 115 Å². The zero-order chi connectivity index (χ0) is 25.3. The van der Waals surface area contributed by atoms with E-state index < -0.39 is 0 Å². The summed E-state index contributed by atoms with van der Waals surface area (Å²) >= 11 is 0. The number of nitrogens with one attached hydrogen (secondary N) is 1. The van der Waals surface area contributed by atoms with Crippen molar-refractivity contribution in [2.45, 2.75) is 45.2 Å². The fraction of sp³-hybridized carbons (Fsp3) is 0.538. The lowest BCUT2D eigenvalue weighted by Crippen LogP contribution is -2.41. The van der Waals surface area contributed by atoms with Crippen molar-refractivity contribution in [1.82, 2.24) is 24.4 Å². The Balaban J connectivity index is 1.60. The average molecular weight is 497 g/mol. The molecule has 4 heterocycles. The number of aliphatic hydroxyl groups is 1. The summed E-state index contributed by atoms with van der Waals surface area (Å²) in [7, 11) is 1.58. The molecule has 1 aliphatic heterocycles. The minimum Gasteiger partial charge on any atom is -0.481 e. The molecule has 0 aliphatic carbocycles. The van der Waals surface area contributed by atoms with Gasteiger partial charge in [-0.2, -0.15) is 0 Å². The van der Waals surface area contributed by atoms with E-state index in [1.165, 1.54) is 0 Å². The number of methoxy groups -OCH3 is 1. The number of aliphatic hydroxyl groups excluding tert-OH is 1. The van der Waals surface area contributed by atoms with E-state index in [4.69, 9.17) is 14.6 Å². The van der Waals surface area contributed by atoms with E-state index >= 15 is 0 Å². The van der Waals surface area contributed by atoms with Crippen LogP contribution in [0.4, 0.5) is 5.82 Å². The van der Waals surface area contributed by atoms with Gasteiger partial charge in [-0.1, -0.05) is 6.92 Å². The average Bonchev–Trinajstić information content (AvgIpc) is 2.92. The van der Waals surface area contributed by atoms with E-state index in [-0.39, 0.29) is 18.2 Å². The molecule has 0 bridgehead atoms. The van der Waals surface area contributed by atoms with Gasteiger partial charge in [0.05, 0.1) is 19.2 Å². The molecule has 0 radical (unpaired) electrons. The van der Waals surface area contributed by atoms with Gasteiger partial charge in [0, 0.05) is 75.0 Å². The highest BCUT2D eigenvalue weighted by Gasteiger charge is 2.21. The van der Waals surface area contributed by atoms with Gasteiger partial charge in [-0.3, -0.25) is 9.36 Å². The lowest BCUT2D eigenvalue weighted by atomic mass is 10.0. The molecule has 1 saturated heterocycles. The number of ether oxygens (including phenoxy) is 2. The van der Waals surface area contributed by atoms with Crippen molar-refractivity contribution in [3.63, 3.8) is 0 Å². The molecule has 0 unspecified atom stereocenters. The van der Waals surface area contributed by atoms with Crippen LogP contribution in [0.25, 0.3) is 22.3 Å². The Labute approximate surface area is 211 Å². The molecule has 0 aromatic carbocycles. The Morgan fingerprint density at radius 1 is 1.11 bits per heavy atom. The fourth-order valence-electron chi connectivity index (χ4n) is 4.46. The van der Waals surface area contributed by atoms with Crippen LogP contribution < -0.4 is 15.6 Å². The van der Waals surface area contributed by atoms with E-state index in [1.807, 2.05) is 12.1 Å². The number of rotatable bonds is 12. The molecule has 194 valence electrons. The molecule has 1 fully saturated rings. The Kier molecular flexibility index (Phi) is 9.21. The molecule has 4 rings (SSSR count). The largest absolute Gasteiger partial charge is 0.481 e. The van der Waals surface area contributed by atoms with Crippen molar-refractivity contribution in [2.24, 2.45) is 0 Å². The predicted octanol–water partition coefficient (Wildman–Crippen LogP) is 2.55. The van der Waals surface area contributed by atoms with Crippen LogP contribution in [0.15, 0.2) is 35.4 Å². The summed E-state index contributed by atoms with van der Waals surface area (Å²) < 4.78 is 12.6. The highest BCUT2D eigenvalue weighted by atomic mass is 16.5. The summed E-state index contributed by atoms with van der Waals surface area (Å²) in [5.74, 6) is 0.868. The number of likely N-dealkylation sites (tertiary alicyclic amines) is 1. The minimum absolute atomic E-state index is 0.169. The summed E-state index contributed by atoms with van der Waals surface area (Å²) in [6.45, 7) is 6.54. The smallest absolute Gasteiger partial charge is 0.293 e. The van der Waals surface area contributed by atoms with Gasteiger partial charge in [-0.15, -0.1) is 0 Å². The third-order valence-electron chi connectivity index (χ3n) is 6.45. The van der Waals surface area contributed by atoms with E-state index in [1.54, 1.807) is 30.1 Å². The molecular formula is C26H36N6O4. The third kappa shape index (κ3) is 6.37. The molecule has 3 aromatic heterocycles. The maximum absolute atomic E-state index is 13.5. The van der Waals surface area contributed by atoms with Gasteiger partial charge in [0.2, 0.25) is 5.88 Å². The van der Waals surface area contributed by atoms with Crippen LogP contribution in [-0.4, -0.2) is 82.1 Å². The van der Waals surface area contributed by atoms with E-state index in [2.05, 4.69) is 32.1 Å². The summed E-state index contributed by atoms with van der Waals surface area (Å²) in [5.41, 5.74) is 2.73.